The maximum atomic E-state index is 12.3. The summed E-state index contributed by atoms with van der Waals surface area (Å²) in [5.74, 6) is 2.18. The molecular formula is C16H37N5OS. The van der Waals surface area contributed by atoms with Crippen LogP contribution < -0.4 is 27.8 Å². The fourth-order valence-corrected chi connectivity index (χ4v) is 2.96. The van der Waals surface area contributed by atoms with Gasteiger partial charge in [0.05, 0.1) is 0 Å². The zero-order valence-corrected chi connectivity index (χ0v) is 15.3. The summed E-state index contributed by atoms with van der Waals surface area (Å²) in [6.07, 6.45) is 5.90. The van der Waals surface area contributed by atoms with Gasteiger partial charge in [0.25, 0.3) is 0 Å². The van der Waals surface area contributed by atoms with Gasteiger partial charge in [0.15, 0.2) is 0 Å². The van der Waals surface area contributed by atoms with E-state index >= 15 is 0 Å². The van der Waals surface area contributed by atoms with Crippen molar-refractivity contribution in [2.24, 2.45) is 23.1 Å². The highest BCUT2D eigenvalue weighted by atomic mass is 32.2. The first-order valence-corrected chi connectivity index (χ1v) is 10.1. The van der Waals surface area contributed by atoms with Crippen molar-refractivity contribution in [3.63, 3.8) is 0 Å². The first-order chi connectivity index (χ1) is 11.3. The summed E-state index contributed by atoms with van der Waals surface area (Å²) in [6.45, 7) is 4.75. The van der Waals surface area contributed by atoms with Crippen LogP contribution in [0.4, 0.5) is 0 Å². The number of hydrogen-bond acceptors (Lipinski definition) is 6. The normalized spacial score (nSPS) is 12.3. The maximum absolute atomic E-state index is 12.3. The van der Waals surface area contributed by atoms with Gasteiger partial charge in [-0.25, -0.2) is 0 Å². The Morgan fingerprint density at radius 3 is 2.22 bits per heavy atom. The number of thioether (sulfide) groups is 1. The SMILES string of the molecule is NCCCCC(CCCNCCCN)C(=O)NCCSCCN. The van der Waals surface area contributed by atoms with Crippen LogP contribution in [0.25, 0.3) is 0 Å². The molecule has 0 radical (unpaired) electrons. The smallest absolute Gasteiger partial charge is 0.223 e. The van der Waals surface area contributed by atoms with Crippen molar-refractivity contribution >= 4 is 17.7 Å². The van der Waals surface area contributed by atoms with E-state index in [1.54, 1.807) is 11.8 Å². The second-order valence-electron chi connectivity index (χ2n) is 5.71. The number of nitrogens with two attached hydrogens (primary N) is 3. The quantitative estimate of drug-likeness (QED) is 0.241. The van der Waals surface area contributed by atoms with Crippen molar-refractivity contribution in [1.29, 1.82) is 0 Å². The van der Waals surface area contributed by atoms with Crippen LogP contribution in [0.15, 0.2) is 0 Å². The lowest BCUT2D eigenvalue weighted by molar-refractivity contribution is -0.125. The molecule has 8 N–H and O–H groups in total. The van der Waals surface area contributed by atoms with Crippen LogP contribution in [0.1, 0.15) is 38.5 Å². The van der Waals surface area contributed by atoms with E-state index < -0.39 is 0 Å². The van der Waals surface area contributed by atoms with Crippen molar-refractivity contribution in [2.45, 2.75) is 38.5 Å². The van der Waals surface area contributed by atoms with Crippen molar-refractivity contribution in [3.8, 4) is 0 Å². The van der Waals surface area contributed by atoms with Crippen LogP contribution >= 0.6 is 11.8 Å². The Morgan fingerprint density at radius 2 is 1.52 bits per heavy atom. The lowest BCUT2D eigenvalue weighted by Crippen LogP contribution is -2.33. The number of hydrogen-bond donors (Lipinski definition) is 5. The molecule has 0 aromatic heterocycles. The molecular weight excluding hydrogens is 310 g/mol. The van der Waals surface area contributed by atoms with E-state index in [0.717, 1.165) is 76.2 Å². The minimum atomic E-state index is 0.109. The highest BCUT2D eigenvalue weighted by Crippen LogP contribution is 2.15. The lowest BCUT2D eigenvalue weighted by atomic mass is 9.95. The fraction of sp³-hybridized carbons (Fsp3) is 0.938. The minimum absolute atomic E-state index is 0.109. The van der Waals surface area contributed by atoms with Gasteiger partial charge in [-0.05, 0) is 58.3 Å². The average Bonchev–Trinajstić information content (AvgIpc) is 2.56. The number of nitrogens with one attached hydrogen (secondary N) is 2. The maximum Gasteiger partial charge on any atom is 0.223 e. The molecule has 1 atom stereocenters. The summed E-state index contributed by atoms with van der Waals surface area (Å²) in [4.78, 5) is 12.3. The average molecular weight is 348 g/mol. The lowest BCUT2D eigenvalue weighted by Gasteiger charge is -2.17. The van der Waals surface area contributed by atoms with Crippen molar-refractivity contribution in [3.05, 3.63) is 0 Å². The van der Waals surface area contributed by atoms with Gasteiger partial charge in [0.2, 0.25) is 5.91 Å². The fourth-order valence-electron chi connectivity index (χ4n) is 2.34. The molecule has 6 nitrogen and oxygen atoms in total. The van der Waals surface area contributed by atoms with Gasteiger partial charge in [-0.15, -0.1) is 0 Å². The summed E-state index contributed by atoms with van der Waals surface area (Å²) in [5, 5.41) is 6.43. The van der Waals surface area contributed by atoms with Crippen molar-refractivity contribution in [2.75, 3.05) is 50.8 Å². The third kappa shape index (κ3) is 15.0. The van der Waals surface area contributed by atoms with Crippen LogP contribution in [0.5, 0.6) is 0 Å². The molecule has 0 bridgehead atoms. The number of unbranched alkanes of at least 4 members (excludes halogenated alkanes) is 1. The van der Waals surface area contributed by atoms with Gasteiger partial charge < -0.3 is 27.8 Å². The highest BCUT2D eigenvalue weighted by Gasteiger charge is 2.17. The van der Waals surface area contributed by atoms with E-state index in [4.69, 9.17) is 17.2 Å². The van der Waals surface area contributed by atoms with Crippen LogP contribution in [-0.4, -0.2) is 56.7 Å². The molecule has 0 aliphatic carbocycles. The van der Waals surface area contributed by atoms with E-state index in [9.17, 15) is 4.79 Å². The summed E-state index contributed by atoms with van der Waals surface area (Å²) < 4.78 is 0. The van der Waals surface area contributed by atoms with Gasteiger partial charge in [-0.2, -0.15) is 11.8 Å². The van der Waals surface area contributed by atoms with Crippen LogP contribution in [0.3, 0.4) is 0 Å². The molecule has 138 valence electrons. The number of carbonyl (C=O) groups excluding carboxylic acids is 1. The monoisotopic (exact) mass is 347 g/mol. The molecule has 0 heterocycles. The summed E-state index contributed by atoms with van der Waals surface area (Å²) in [5.41, 5.74) is 16.5. The molecule has 0 aromatic rings. The third-order valence-electron chi connectivity index (χ3n) is 3.65. The first kappa shape index (κ1) is 22.7. The Hall–Kier alpha value is -0.340. The molecule has 0 aromatic carbocycles. The Labute approximate surface area is 146 Å². The van der Waals surface area contributed by atoms with Crippen LogP contribution in [0.2, 0.25) is 0 Å². The predicted molar refractivity (Wildman–Crippen MR) is 102 cm³/mol. The minimum Gasteiger partial charge on any atom is -0.355 e. The van der Waals surface area contributed by atoms with E-state index in [1.165, 1.54) is 0 Å². The second kappa shape index (κ2) is 18.0. The van der Waals surface area contributed by atoms with Gasteiger partial charge in [-0.1, -0.05) is 6.42 Å². The standard InChI is InChI=1S/C16H37N5OS/c17-7-2-1-5-15(6-3-10-20-11-4-8-18)16(22)21-12-14-23-13-9-19/h15,20H,1-14,17-19H2,(H,21,22). The predicted octanol–water partition coefficient (Wildman–Crippen LogP) is 0.258. The molecule has 7 heteroatoms. The molecule has 1 amide bonds. The number of amides is 1. The van der Waals surface area contributed by atoms with Crippen LogP contribution in [0, 0.1) is 5.92 Å². The molecule has 0 fully saturated rings. The van der Waals surface area contributed by atoms with E-state index in [-0.39, 0.29) is 11.8 Å². The van der Waals surface area contributed by atoms with Crippen LogP contribution in [-0.2, 0) is 4.79 Å². The highest BCUT2D eigenvalue weighted by molar-refractivity contribution is 7.99. The Morgan fingerprint density at radius 1 is 0.826 bits per heavy atom. The molecule has 0 saturated carbocycles. The van der Waals surface area contributed by atoms with Gasteiger partial charge in [0.1, 0.15) is 0 Å². The zero-order chi connectivity index (χ0) is 17.2. The Bertz CT molecular complexity index is 269. The summed E-state index contributed by atoms with van der Waals surface area (Å²) in [7, 11) is 0. The Kier molecular flexibility index (Phi) is 17.7. The number of carbonyl (C=O) groups is 1. The topological polar surface area (TPSA) is 119 Å². The molecule has 0 aliphatic heterocycles. The van der Waals surface area contributed by atoms with E-state index in [0.29, 0.717) is 13.1 Å². The van der Waals surface area contributed by atoms with Crippen molar-refractivity contribution < 1.29 is 4.79 Å². The first-order valence-electron chi connectivity index (χ1n) is 8.92. The van der Waals surface area contributed by atoms with E-state index in [1.807, 2.05) is 0 Å². The molecule has 0 aliphatic rings. The summed E-state index contributed by atoms with van der Waals surface area (Å²) in [6, 6.07) is 0. The molecule has 0 saturated heterocycles. The van der Waals surface area contributed by atoms with Gasteiger partial charge in [0, 0.05) is 30.5 Å². The number of rotatable bonds is 17. The molecule has 0 rings (SSSR count). The zero-order valence-electron chi connectivity index (χ0n) is 14.5. The Balaban J connectivity index is 3.93. The largest absolute Gasteiger partial charge is 0.355 e. The second-order valence-corrected chi connectivity index (χ2v) is 6.93. The summed E-state index contributed by atoms with van der Waals surface area (Å²) >= 11 is 1.78. The molecule has 1 unspecified atom stereocenters. The van der Waals surface area contributed by atoms with Gasteiger partial charge in [-0.3, -0.25) is 4.79 Å². The third-order valence-corrected chi connectivity index (χ3v) is 4.67. The molecule has 23 heavy (non-hydrogen) atoms. The van der Waals surface area contributed by atoms with Crippen molar-refractivity contribution in [1.82, 2.24) is 10.6 Å². The molecule has 0 spiro atoms. The van der Waals surface area contributed by atoms with Gasteiger partial charge >= 0.3 is 0 Å². The van der Waals surface area contributed by atoms with E-state index in [2.05, 4.69) is 10.6 Å².